The van der Waals surface area contributed by atoms with Crippen LogP contribution in [0.3, 0.4) is 0 Å². The average Bonchev–Trinajstić information content (AvgIpc) is 2.25. The fraction of sp³-hybridized carbons (Fsp3) is 0. The fourth-order valence-electron chi connectivity index (χ4n) is 0.901. The van der Waals surface area contributed by atoms with E-state index in [1.165, 1.54) is 6.08 Å². The minimum Gasteiger partial charge on any atom is -0.350 e. The molecule has 0 unspecified atom stereocenters. The van der Waals surface area contributed by atoms with Gasteiger partial charge in [0.2, 0.25) is 0 Å². The summed E-state index contributed by atoms with van der Waals surface area (Å²) >= 11 is 0. The van der Waals surface area contributed by atoms with E-state index in [2.05, 4.69) is 5.43 Å². The molecule has 15 heavy (non-hydrogen) atoms. The predicted molar refractivity (Wildman–Crippen MR) is 56.3 cm³/mol. The minimum absolute atomic E-state index is 0.447. The average molecular weight is 205 g/mol. The standard InChI is InChI=1S/C10H11N3O2/c11-10(15)13-12-9(14)7-6-8-4-2-1-3-5-8/h1-7H,(H,12,14)(H3,11,13,15). The number of carbonyl (C=O) groups excluding carboxylic acids is 2. The number of hydrogen-bond donors (Lipinski definition) is 3. The summed E-state index contributed by atoms with van der Waals surface area (Å²) in [6, 6.07) is 8.50. The van der Waals surface area contributed by atoms with Gasteiger partial charge < -0.3 is 5.73 Å². The van der Waals surface area contributed by atoms with Crippen LogP contribution in [-0.2, 0) is 4.79 Å². The molecular formula is C10H11N3O2. The van der Waals surface area contributed by atoms with Crippen LogP contribution in [0.2, 0.25) is 0 Å². The molecule has 0 spiro atoms. The van der Waals surface area contributed by atoms with Crippen molar-refractivity contribution in [2.75, 3.05) is 0 Å². The zero-order chi connectivity index (χ0) is 11.1. The molecule has 0 bridgehead atoms. The minimum atomic E-state index is -0.809. The van der Waals surface area contributed by atoms with Gasteiger partial charge in [0, 0.05) is 6.08 Å². The Hall–Kier alpha value is -2.30. The van der Waals surface area contributed by atoms with E-state index >= 15 is 0 Å². The van der Waals surface area contributed by atoms with Crippen molar-refractivity contribution < 1.29 is 9.59 Å². The van der Waals surface area contributed by atoms with Crippen molar-refractivity contribution in [2.24, 2.45) is 5.73 Å². The number of primary amides is 1. The Labute approximate surface area is 86.9 Å². The molecule has 0 aliphatic rings. The zero-order valence-electron chi connectivity index (χ0n) is 7.94. The molecule has 3 amide bonds. The second-order valence-electron chi connectivity index (χ2n) is 2.72. The summed E-state index contributed by atoms with van der Waals surface area (Å²) in [5, 5.41) is 0. The highest BCUT2D eigenvalue weighted by molar-refractivity contribution is 5.92. The number of hydrogen-bond acceptors (Lipinski definition) is 2. The lowest BCUT2D eigenvalue weighted by atomic mass is 10.2. The molecule has 0 aliphatic heterocycles. The van der Waals surface area contributed by atoms with E-state index in [9.17, 15) is 9.59 Å². The van der Waals surface area contributed by atoms with E-state index in [-0.39, 0.29) is 0 Å². The number of amides is 3. The van der Waals surface area contributed by atoms with E-state index in [1.54, 1.807) is 6.08 Å². The van der Waals surface area contributed by atoms with E-state index in [4.69, 9.17) is 5.73 Å². The van der Waals surface area contributed by atoms with Gasteiger partial charge in [-0.2, -0.15) is 0 Å². The van der Waals surface area contributed by atoms with Crippen molar-refractivity contribution >= 4 is 18.0 Å². The van der Waals surface area contributed by atoms with Gasteiger partial charge in [-0.15, -0.1) is 0 Å². The molecule has 0 saturated heterocycles. The SMILES string of the molecule is NC(=O)NNC(=O)C=Cc1ccccc1. The Morgan fingerprint density at radius 3 is 2.40 bits per heavy atom. The van der Waals surface area contributed by atoms with Crippen LogP contribution in [0.5, 0.6) is 0 Å². The number of rotatable bonds is 2. The van der Waals surface area contributed by atoms with Crippen molar-refractivity contribution in [1.29, 1.82) is 0 Å². The van der Waals surface area contributed by atoms with Crippen LogP contribution in [0.1, 0.15) is 5.56 Å². The topological polar surface area (TPSA) is 84.2 Å². The maximum absolute atomic E-state index is 11.1. The van der Waals surface area contributed by atoms with Crippen molar-refractivity contribution in [3.63, 3.8) is 0 Å². The van der Waals surface area contributed by atoms with E-state index in [0.29, 0.717) is 0 Å². The van der Waals surface area contributed by atoms with Gasteiger partial charge in [-0.3, -0.25) is 10.2 Å². The lowest BCUT2D eigenvalue weighted by Gasteiger charge is -1.99. The number of nitrogens with two attached hydrogens (primary N) is 1. The van der Waals surface area contributed by atoms with Crippen molar-refractivity contribution in [3.05, 3.63) is 42.0 Å². The molecule has 1 rings (SSSR count). The summed E-state index contributed by atoms with van der Waals surface area (Å²) in [6.45, 7) is 0. The summed E-state index contributed by atoms with van der Waals surface area (Å²) in [7, 11) is 0. The first-order valence-electron chi connectivity index (χ1n) is 4.27. The van der Waals surface area contributed by atoms with Crippen molar-refractivity contribution in [1.82, 2.24) is 10.9 Å². The summed E-state index contributed by atoms with van der Waals surface area (Å²) in [4.78, 5) is 21.3. The van der Waals surface area contributed by atoms with Crippen molar-refractivity contribution in [2.45, 2.75) is 0 Å². The lowest BCUT2D eigenvalue weighted by molar-refractivity contribution is -0.117. The number of hydrazine groups is 1. The first kappa shape index (κ1) is 10.8. The van der Waals surface area contributed by atoms with Gasteiger partial charge in [-0.05, 0) is 11.6 Å². The molecule has 0 saturated carbocycles. The second kappa shape index (κ2) is 5.43. The molecule has 0 radical (unpaired) electrons. The Balaban J connectivity index is 2.44. The molecule has 0 aromatic heterocycles. The predicted octanol–water partition coefficient (Wildman–Crippen LogP) is 0.399. The van der Waals surface area contributed by atoms with Crippen LogP contribution < -0.4 is 16.6 Å². The lowest BCUT2D eigenvalue weighted by Crippen LogP contribution is -2.43. The van der Waals surface area contributed by atoms with Gasteiger partial charge in [0.25, 0.3) is 5.91 Å². The second-order valence-corrected chi connectivity index (χ2v) is 2.72. The van der Waals surface area contributed by atoms with E-state index < -0.39 is 11.9 Å². The largest absolute Gasteiger partial charge is 0.350 e. The van der Waals surface area contributed by atoms with Gasteiger partial charge in [0.15, 0.2) is 0 Å². The summed E-state index contributed by atoms with van der Waals surface area (Å²) in [6.07, 6.45) is 2.92. The zero-order valence-corrected chi connectivity index (χ0v) is 7.94. The number of benzene rings is 1. The summed E-state index contributed by atoms with van der Waals surface area (Å²) in [5.41, 5.74) is 9.73. The van der Waals surface area contributed by atoms with Gasteiger partial charge >= 0.3 is 6.03 Å². The van der Waals surface area contributed by atoms with Crippen LogP contribution >= 0.6 is 0 Å². The molecule has 0 atom stereocenters. The molecule has 1 aromatic carbocycles. The highest BCUT2D eigenvalue weighted by atomic mass is 16.2. The van der Waals surface area contributed by atoms with Gasteiger partial charge in [0.1, 0.15) is 0 Å². The van der Waals surface area contributed by atoms with Crippen LogP contribution in [0.25, 0.3) is 6.08 Å². The quantitative estimate of drug-likeness (QED) is 0.482. The normalized spacial score (nSPS) is 9.87. The number of carbonyl (C=O) groups is 2. The van der Waals surface area contributed by atoms with Crippen LogP contribution in [0.15, 0.2) is 36.4 Å². The maximum atomic E-state index is 11.1. The van der Waals surface area contributed by atoms with Gasteiger partial charge in [0.05, 0.1) is 0 Å². The molecule has 4 N–H and O–H groups in total. The molecule has 1 aromatic rings. The fourth-order valence-corrected chi connectivity index (χ4v) is 0.901. The van der Waals surface area contributed by atoms with Crippen LogP contribution in [0, 0.1) is 0 Å². The first-order chi connectivity index (χ1) is 7.18. The number of urea groups is 1. The molecule has 0 aliphatic carbocycles. The molecule has 0 fully saturated rings. The van der Waals surface area contributed by atoms with E-state index in [1.807, 2.05) is 35.8 Å². The van der Waals surface area contributed by atoms with Crippen molar-refractivity contribution in [3.8, 4) is 0 Å². The first-order valence-corrected chi connectivity index (χ1v) is 4.27. The third-order valence-corrected chi connectivity index (χ3v) is 1.54. The Bertz CT molecular complexity index is 374. The third-order valence-electron chi connectivity index (χ3n) is 1.54. The molecule has 5 heteroatoms. The Kier molecular flexibility index (Phi) is 3.91. The molecular weight excluding hydrogens is 194 g/mol. The summed E-state index contributed by atoms with van der Waals surface area (Å²) < 4.78 is 0. The molecule has 5 nitrogen and oxygen atoms in total. The maximum Gasteiger partial charge on any atom is 0.330 e. The highest BCUT2D eigenvalue weighted by Crippen LogP contribution is 1.99. The Morgan fingerprint density at radius 2 is 1.80 bits per heavy atom. The Morgan fingerprint density at radius 1 is 1.13 bits per heavy atom. The van der Waals surface area contributed by atoms with Crippen LogP contribution in [-0.4, -0.2) is 11.9 Å². The van der Waals surface area contributed by atoms with Gasteiger partial charge in [-0.1, -0.05) is 30.3 Å². The summed E-state index contributed by atoms with van der Waals surface area (Å²) in [5.74, 6) is -0.447. The number of nitrogens with one attached hydrogen (secondary N) is 2. The smallest absolute Gasteiger partial charge is 0.330 e. The highest BCUT2D eigenvalue weighted by Gasteiger charge is 1.95. The third kappa shape index (κ3) is 4.47. The van der Waals surface area contributed by atoms with E-state index in [0.717, 1.165) is 5.56 Å². The monoisotopic (exact) mass is 205 g/mol. The molecule has 0 heterocycles. The van der Waals surface area contributed by atoms with Crippen LogP contribution in [0.4, 0.5) is 4.79 Å². The van der Waals surface area contributed by atoms with Gasteiger partial charge in [-0.25, -0.2) is 10.2 Å². The molecule has 78 valence electrons.